The van der Waals surface area contributed by atoms with E-state index in [0.29, 0.717) is 19.3 Å². The van der Waals surface area contributed by atoms with Crippen LogP contribution in [0.25, 0.3) is 0 Å². The van der Waals surface area contributed by atoms with Crippen molar-refractivity contribution in [1.29, 1.82) is 0 Å². The van der Waals surface area contributed by atoms with Crippen molar-refractivity contribution in [3.05, 3.63) is 134 Å². The molecule has 0 aromatic carbocycles. The first kappa shape index (κ1) is 78.5. The van der Waals surface area contributed by atoms with Crippen LogP contribution < -0.4 is 0 Å². The highest BCUT2D eigenvalue weighted by atomic mass is 16.6. The van der Waals surface area contributed by atoms with Gasteiger partial charge in [0.25, 0.3) is 0 Å². The molecule has 0 radical (unpaired) electrons. The van der Waals surface area contributed by atoms with Gasteiger partial charge in [0.2, 0.25) is 0 Å². The molecule has 1 unspecified atom stereocenters. The van der Waals surface area contributed by atoms with Gasteiger partial charge in [-0.3, -0.25) is 14.4 Å². The molecule has 0 aromatic rings. The SMILES string of the molecule is CC/C=C\C/C=C\C/C=C\C/C=C\C/C=C\C/C=C\C/C=C\CCCCCC(=O)OC(COC(=O)CCCCC/C=C\C/C=C\C/C=C\CC)COC(=O)CCCCCCCCCCCCCCCCC/C=C\CCCCCCCCCC. The third kappa shape index (κ3) is 68.2. The molecular weight excluding hydrogens is 1020 g/mol. The van der Waals surface area contributed by atoms with Gasteiger partial charge in [-0.15, -0.1) is 0 Å². The van der Waals surface area contributed by atoms with Crippen LogP contribution in [0.3, 0.4) is 0 Å². The van der Waals surface area contributed by atoms with E-state index in [0.717, 1.165) is 128 Å². The maximum Gasteiger partial charge on any atom is 0.306 e. The molecule has 0 amide bonds. The Balaban J connectivity index is 4.37. The van der Waals surface area contributed by atoms with E-state index in [-0.39, 0.29) is 37.5 Å². The number of esters is 3. The average Bonchev–Trinajstić information content (AvgIpc) is 3.49. The van der Waals surface area contributed by atoms with Crippen molar-refractivity contribution in [2.45, 2.75) is 322 Å². The Morgan fingerprint density at radius 2 is 0.470 bits per heavy atom. The lowest BCUT2D eigenvalue weighted by Crippen LogP contribution is -2.30. The monoisotopic (exact) mass is 1150 g/mol. The van der Waals surface area contributed by atoms with Gasteiger partial charge >= 0.3 is 17.9 Å². The summed E-state index contributed by atoms with van der Waals surface area (Å²) in [5, 5.41) is 0. The van der Waals surface area contributed by atoms with Gasteiger partial charge in [0.1, 0.15) is 13.2 Å². The third-order valence-electron chi connectivity index (χ3n) is 14.6. The predicted octanol–water partition coefficient (Wildman–Crippen LogP) is 24.1. The average molecular weight is 1150 g/mol. The van der Waals surface area contributed by atoms with E-state index in [1.54, 1.807) is 0 Å². The molecule has 0 fully saturated rings. The second-order valence-corrected chi connectivity index (χ2v) is 22.7. The lowest BCUT2D eigenvalue weighted by molar-refractivity contribution is -0.167. The first-order chi connectivity index (χ1) is 41.0. The highest BCUT2D eigenvalue weighted by Crippen LogP contribution is 2.16. The van der Waals surface area contributed by atoms with Crippen molar-refractivity contribution in [2.75, 3.05) is 13.2 Å². The zero-order chi connectivity index (χ0) is 59.9. The maximum absolute atomic E-state index is 12.9. The van der Waals surface area contributed by atoms with Gasteiger partial charge in [-0.1, -0.05) is 296 Å². The number of rotatable bonds is 62. The summed E-state index contributed by atoms with van der Waals surface area (Å²) < 4.78 is 16.9. The molecule has 0 saturated heterocycles. The van der Waals surface area contributed by atoms with E-state index in [1.165, 1.54) is 141 Å². The number of unbranched alkanes of at least 4 members (excludes halogenated alkanes) is 29. The fourth-order valence-electron chi connectivity index (χ4n) is 9.49. The zero-order valence-electron chi connectivity index (χ0n) is 54.2. The van der Waals surface area contributed by atoms with Crippen LogP contribution in [0.5, 0.6) is 0 Å². The first-order valence-corrected chi connectivity index (χ1v) is 34.7. The van der Waals surface area contributed by atoms with Crippen molar-refractivity contribution in [3.8, 4) is 0 Å². The van der Waals surface area contributed by atoms with Crippen LogP contribution in [0.2, 0.25) is 0 Å². The number of carbonyl (C=O) groups excluding carboxylic acids is 3. The fraction of sp³-hybridized carbons (Fsp3) is 0.675. The van der Waals surface area contributed by atoms with Gasteiger partial charge in [0.05, 0.1) is 0 Å². The summed E-state index contributed by atoms with van der Waals surface area (Å²) in [5.41, 5.74) is 0. The third-order valence-corrected chi connectivity index (χ3v) is 14.6. The molecule has 1 atom stereocenters. The number of hydrogen-bond donors (Lipinski definition) is 0. The molecule has 6 nitrogen and oxygen atoms in total. The van der Waals surface area contributed by atoms with Gasteiger partial charge in [0.15, 0.2) is 6.10 Å². The summed E-state index contributed by atoms with van der Waals surface area (Å²) in [6, 6.07) is 0. The van der Waals surface area contributed by atoms with Gasteiger partial charge in [-0.05, 0) is 135 Å². The smallest absolute Gasteiger partial charge is 0.306 e. The molecule has 0 aromatic heterocycles. The highest BCUT2D eigenvalue weighted by molar-refractivity contribution is 5.71. The van der Waals surface area contributed by atoms with Crippen molar-refractivity contribution in [2.24, 2.45) is 0 Å². The maximum atomic E-state index is 12.9. The Morgan fingerprint density at radius 1 is 0.253 bits per heavy atom. The quantitative estimate of drug-likeness (QED) is 0.0261. The van der Waals surface area contributed by atoms with Crippen molar-refractivity contribution >= 4 is 17.9 Å². The molecule has 0 rings (SSSR count). The molecular formula is C77H128O6. The molecule has 0 bridgehead atoms. The first-order valence-electron chi connectivity index (χ1n) is 34.7. The molecule has 472 valence electrons. The number of carbonyl (C=O) groups is 3. The summed E-state index contributed by atoms with van der Waals surface area (Å²) in [7, 11) is 0. The lowest BCUT2D eigenvalue weighted by Gasteiger charge is -2.18. The van der Waals surface area contributed by atoms with E-state index < -0.39 is 6.10 Å². The van der Waals surface area contributed by atoms with Crippen LogP contribution in [0.1, 0.15) is 316 Å². The molecule has 0 heterocycles. The molecule has 0 aliphatic heterocycles. The Hall–Kier alpha value is -4.45. The van der Waals surface area contributed by atoms with Crippen molar-refractivity contribution in [1.82, 2.24) is 0 Å². The minimum atomic E-state index is -0.814. The molecule has 0 aliphatic rings. The Labute approximate surface area is 513 Å². The van der Waals surface area contributed by atoms with Gasteiger partial charge in [-0.25, -0.2) is 0 Å². The summed E-state index contributed by atoms with van der Waals surface area (Å²) >= 11 is 0. The van der Waals surface area contributed by atoms with Crippen LogP contribution in [-0.4, -0.2) is 37.2 Å². The molecule has 6 heteroatoms. The van der Waals surface area contributed by atoms with Crippen molar-refractivity contribution < 1.29 is 28.6 Å². The van der Waals surface area contributed by atoms with E-state index in [2.05, 4.69) is 154 Å². The summed E-state index contributed by atoms with van der Waals surface area (Å²) in [5.74, 6) is -0.962. The fourth-order valence-corrected chi connectivity index (χ4v) is 9.49. The van der Waals surface area contributed by atoms with Crippen LogP contribution in [-0.2, 0) is 28.6 Å². The standard InChI is InChI=1S/C77H128O6/c1-4-7-10-13-16-19-22-25-27-29-31-33-35-37-38-40-41-43-45-47-49-52-55-58-61-64-67-70-76(79)82-73-74(72-81-75(78)69-66-63-60-57-54-51-24-21-18-15-12-9-6-3)83-77(80)71-68-65-62-59-56-53-50-48-46-44-42-39-36-34-32-30-28-26-23-20-17-14-11-8-5-2/h8-9,11-12,17-18,20-21,26,28-29,31-32,34,39,42,46,48,51,53-54,56,74H,4-7,10,13-16,19,22-25,27,30,33,35-38,40-41,43-45,47,49-50,52,55,57-73H2,1-3H3/b11-8-,12-9-,20-17-,21-18-,28-26-,31-29-,34-32-,42-39-,48-46-,54-51-,56-53-. The van der Waals surface area contributed by atoms with Gasteiger partial charge in [-0.2, -0.15) is 0 Å². The summed E-state index contributed by atoms with van der Waals surface area (Å²) in [4.78, 5) is 38.4. The minimum absolute atomic E-state index is 0.103. The van der Waals surface area contributed by atoms with E-state index in [9.17, 15) is 14.4 Å². The Morgan fingerprint density at radius 3 is 0.759 bits per heavy atom. The van der Waals surface area contributed by atoms with Gasteiger partial charge < -0.3 is 14.2 Å². The van der Waals surface area contributed by atoms with Crippen LogP contribution in [0.4, 0.5) is 0 Å². The zero-order valence-corrected chi connectivity index (χ0v) is 54.2. The number of hydrogen-bond acceptors (Lipinski definition) is 6. The number of allylic oxidation sites excluding steroid dienone is 22. The molecule has 0 N–H and O–H groups in total. The normalized spacial score (nSPS) is 13.0. The number of ether oxygens (including phenoxy) is 3. The van der Waals surface area contributed by atoms with Gasteiger partial charge in [0, 0.05) is 19.3 Å². The summed E-state index contributed by atoms with van der Waals surface area (Å²) in [6.45, 7) is 6.38. The molecule has 83 heavy (non-hydrogen) atoms. The summed E-state index contributed by atoms with van der Waals surface area (Å²) in [6.07, 6.45) is 99.1. The Kier molecular flexibility index (Phi) is 66.3. The predicted molar refractivity (Wildman–Crippen MR) is 362 cm³/mol. The lowest BCUT2D eigenvalue weighted by atomic mass is 10.0. The van der Waals surface area contributed by atoms with Crippen LogP contribution in [0, 0.1) is 0 Å². The second kappa shape index (κ2) is 70.0. The van der Waals surface area contributed by atoms with E-state index in [4.69, 9.17) is 14.2 Å². The second-order valence-electron chi connectivity index (χ2n) is 22.7. The molecule has 0 spiro atoms. The Bertz CT molecular complexity index is 1750. The van der Waals surface area contributed by atoms with E-state index >= 15 is 0 Å². The highest BCUT2D eigenvalue weighted by Gasteiger charge is 2.19. The topological polar surface area (TPSA) is 78.9 Å². The largest absolute Gasteiger partial charge is 0.462 e. The van der Waals surface area contributed by atoms with Crippen LogP contribution in [0.15, 0.2) is 134 Å². The van der Waals surface area contributed by atoms with E-state index in [1.807, 2.05) is 0 Å². The molecule has 0 saturated carbocycles. The molecule has 0 aliphatic carbocycles. The van der Waals surface area contributed by atoms with Crippen molar-refractivity contribution in [3.63, 3.8) is 0 Å². The minimum Gasteiger partial charge on any atom is -0.462 e. The van der Waals surface area contributed by atoms with Crippen LogP contribution >= 0.6 is 0 Å².